The number of halogens is 3. The minimum absolute atomic E-state index is 0.134. The van der Waals surface area contributed by atoms with Crippen molar-refractivity contribution in [1.82, 2.24) is 0 Å². The van der Waals surface area contributed by atoms with E-state index in [1.807, 2.05) is 36.4 Å². The Morgan fingerprint density at radius 3 is 1.38 bits per heavy atom. The van der Waals surface area contributed by atoms with Crippen LogP contribution in [0.2, 0.25) is 15.1 Å². The molecule has 0 nitrogen and oxygen atoms in total. The third kappa shape index (κ3) is 4.09. The van der Waals surface area contributed by atoms with Gasteiger partial charge in [0.15, 0.2) is 0 Å². The van der Waals surface area contributed by atoms with E-state index in [-0.39, 0.29) is 3.43 Å². The Hall–Kier alpha value is -0.671. The van der Waals surface area contributed by atoms with E-state index in [0.717, 1.165) is 21.5 Å². The second-order valence-corrected chi connectivity index (χ2v) is 9.89. The van der Waals surface area contributed by atoms with E-state index in [1.165, 1.54) is 39.2 Å². The first-order valence-electron chi connectivity index (χ1n) is 8.47. The molecule has 131 valence electrons. The molecule has 0 bridgehead atoms. The molecule has 0 aliphatic heterocycles. The summed E-state index contributed by atoms with van der Waals surface area (Å²) in [5, 5.41) is 2.27. The van der Waals surface area contributed by atoms with Crippen LogP contribution in [0.3, 0.4) is 0 Å². The third-order valence-corrected chi connectivity index (χ3v) is 8.20. The molecule has 0 saturated carbocycles. The van der Waals surface area contributed by atoms with Crippen LogP contribution in [0.25, 0.3) is 0 Å². The molecule has 1 unspecified atom stereocenters. The molecule has 26 heavy (non-hydrogen) atoms. The molecule has 3 rings (SSSR count). The first-order valence-corrected chi connectivity index (χ1v) is 11.0. The van der Waals surface area contributed by atoms with E-state index in [2.05, 4.69) is 43.3 Å². The summed E-state index contributed by atoms with van der Waals surface area (Å²) >= 11 is 19.8. The van der Waals surface area contributed by atoms with Gasteiger partial charge < -0.3 is 0 Å². The Bertz CT molecular complexity index is 810. The van der Waals surface area contributed by atoms with Crippen LogP contribution >= 0.6 is 34.8 Å². The molecule has 4 heteroatoms. The van der Waals surface area contributed by atoms with Gasteiger partial charge in [0.05, 0.1) is 0 Å². The molecule has 3 aromatic rings. The molecule has 3 radical (unpaired) electrons. The van der Waals surface area contributed by atoms with Crippen molar-refractivity contribution in [2.45, 2.75) is 22.7 Å². The fraction of sp³-hybridized carbons (Fsp3) is 0.182. The van der Waals surface area contributed by atoms with Gasteiger partial charge >= 0.3 is 185 Å². The van der Waals surface area contributed by atoms with E-state index < -0.39 is 0 Å². The van der Waals surface area contributed by atoms with E-state index >= 15 is 0 Å². The fourth-order valence-corrected chi connectivity index (χ4v) is 5.87. The van der Waals surface area contributed by atoms with Gasteiger partial charge in [-0.3, -0.25) is 0 Å². The Morgan fingerprint density at radius 2 is 1.04 bits per heavy atom. The molecule has 0 fully saturated rings. The third-order valence-electron chi connectivity index (χ3n) is 4.80. The molecule has 0 N–H and O–H groups in total. The molecule has 0 aromatic heterocycles. The Morgan fingerprint density at radius 1 is 0.692 bits per heavy atom. The van der Waals surface area contributed by atoms with Gasteiger partial charge in [0.25, 0.3) is 0 Å². The van der Waals surface area contributed by atoms with Gasteiger partial charge in [-0.1, -0.05) is 0 Å². The average molecular weight is 507 g/mol. The monoisotopic (exact) mass is 507 g/mol. The van der Waals surface area contributed by atoms with E-state index in [1.54, 1.807) is 0 Å². The van der Waals surface area contributed by atoms with Crippen molar-refractivity contribution in [2.24, 2.45) is 0 Å². The van der Waals surface area contributed by atoms with Crippen molar-refractivity contribution in [3.8, 4) is 0 Å². The Balaban J connectivity index is 2.19. The van der Waals surface area contributed by atoms with Crippen LogP contribution in [0.15, 0.2) is 72.8 Å². The normalized spacial score (nSPS) is 12.8. The molecule has 0 aliphatic carbocycles. The van der Waals surface area contributed by atoms with Crippen molar-refractivity contribution >= 4 is 57.3 Å². The summed E-state index contributed by atoms with van der Waals surface area (Å²) in [7, 11) is 0. The second-order valence-electron chi connectivity index (χ2n) is 6.33. The summed E-state index contributed by atoms with van der Waals surface area (Å²) in [6.07, 6.45) is 1.01. The van der Waals surface area contributed by atoms with Crippen LogP contribution < -0.4 is 0 Å². The molecule has 0 heterocycles. The first-order chi connectivity index (χ1) is 12.4. The Kier molecular flexibility index (Phi) is 6.61. The molecule has 0 spiro atoms. The fourth-order valence-electron chi connectivity index (χ4n) is 3.48. The maximum absolute atomic E-state index is 6.15. The van der Waals surface area contributed by atoms with Crippen molar-refractivity contribution in [1.29, 1.82) is 0 Å². The van der Waals surface area contributed by atoms with Gasteiger partial charge in [0.1, 0.15) is 0 Å². The maximum atomic E-state index is 6.15. The van der Waals surface area contributed by atoms with Crippen LogP contribution in [-0.2, 0) is 3.43 Å². The predicted octanol–water partition coefficient (Wildman–Crippen LogP) is 7.25. The van der Waals surface area contributed by atoms with Crippen LogP contribution in [0.1, 0.15) is 36.0 Å². The molecule has 0 amide bonds. The van der Waals surface area contributed by atoms with Gasteiger partial charge in [0.2, 0.25) is 0 Å². The zero-order valence-corrected chi connectivity index (χ0v) is 19.5. The van der Waals surface area contributed by atoms with Crippen molar-refractivity contribution in [3.05, 3.63) is 105 Å². The molecule has 3 aromatic carbocycles. The molecular formula is C22H18Cl3Sn. The van der Waals surface area contributed by atoms with E-state index in [9.17, 15) is 0 Å². The summed E-state index contributed by atoms with van der Waals surface area (Å²) in [6.45, 7) is 2.24. The SMILES string of the molecule is CCC(c1ccc(Cl)cc1)[C]([Sn])(c1ccc(Cl)cc1)c1ccc(Cl)cc1. The molecular weight excluding hydrogens is 489 g/mol. The van der Waals surface area contributed by atoms with Gasteiger partial charge in [-0.25, -0.2) is 0 Å². The van der Waals surface area contributed by atoms with Crippen LogP contribution in [-0.4, -0.2) is 22.5 Å². The second kappa shape index (κ2) is 8.56. The van der Waals surface area contributed by atoms with Crippen molar-refractivity contribution < 1.29 is 0 Å². The van der Waals surface area contributed by atoms with E-state index in [4.69, 9.17) is 34.8 Å². The zero-order chi connectivity index (χ0) is 18.7. The van der Waals surface area contributed by atoms with Crippen LogP contribution in [0, 0.1) is 0 Å². The van der Waals surface area contributed by atoms with Crippen molar-refractivity contribution in [2.75, 3.05) is 0 Å². The molecule has 0 aliphatic rings. The van der Waals surface area contributed by atoms with Gasteiger partial charge in [0, 0.05) is 0 Å². The predicted molar refractivity (Wildman–Crippen MR) is 114 cm³/mol. The number of hydrogen-bond donors (Lipinski definition) is 0. The van der Waals surface area contributed by atoms with Gasteiger partial charge in [-0.15, -0.1) is 0 Å². The van der Waals surface area contributed by atoms with Gasteiger partial charge in [-0.05, 0) is 0 Å². The van der Waals surface area contributed by atoms with E-state index in [0.29, 0.717) is 5.92 Å². The van der Waals surface area contributed by atoms with Crippen LogP contribution in [0.4, 0.5) is 0 Å². The summed E-state index contributed by atoms with van der Waals surface area (Å²) < 4.78 is -0.134. The summed E-state index contributed by atoms with van der Waals surface area (Å²) in [4.78, 5) is 0. The number of rotatable bonds is 5. The van der Waals surface area contributed by atoms with Crippen molar-refractivity contribution in [3.63, 3.8) is 0 Å². The number of benzene rings is 3. The standard InChI is InChI=1S/C22H18Cl3.Sn/c1-2-21(15-3-9-18(23)10-4-15)22(16-5-11-19(24)12-6-16)17-7-13-20(25)14-8-17;/h3-14,21H,2H2,1H3;. The average Bonchev–Trinajstić information content (AvgIpc) is 2.64. The number of hydrogen-bond acceptors (Lipinski definition) is 0. The first kappa shape index (κ1) is 20.1. The summed E-state index contributed by atoms with van der Waals surface area (Å²) in [6, 6.07) is 24.7. The quantitative estimate of drug-likeness (QED) is 0.319. The molecule has 0 saturated heterocycles. The minimum atomic E-state index is -0.134. The summed E-state index contributed by atoms with van der Waals surface area (Å²) in [5.74, 6) is 0.320. The topological polar surface area (TPSA) is 0 Å². The molecule has 1 atom stereocenters. The zero-order valence-electron chi connectivity index (χ0n) is 14.3. The van der Waals surface area contributed by atoms with Crippen LogP contribution in [0.5, 0.6) is 0 Å². The Labute approximate surface area is 183 Å². The van der Waals surface area contributed by atoms with Gasteiger partial charge in [-0.2, -0.15) is 0 Å². The summed E-state index contributed by atoms with van der Waals surface area (Å²) in [5.41, 5.74) is 3.83.